The molecular formula is C17H13N4O4-. The van der Waals surface area contributed by atoms with E-state index in [1.54, 1.807) is 48.8 Å². The number of hydrazone groups is 1. The Kier molecular flexibility index (Phi) is 4.70. The van der Waals surface area contributed by atoms with E-state index in [9.17, 15) is 14.7 Å². The average Bonchev–Trinajstić information content (AvgIpc) is 3.08. The number of carbonyl (C=O) groups is 2. The van der Waals surface area contributed by atoms with Gasteiger partial charge in [0.1, 0.15) is 12.4 Å². The summed E-state index contributed by atoms with van der Waals surface area (Å²) in [5.74, 6) is -1.39. The Bertz CT molecular complexity index is 948. The number of hydrogen-bond acceptors (Lipinski definition) is 6. The molecule has 0 radical (unpaired) electrons. The number of carbonyl (C=O) groups excluding carboxylic acids is 2. The fourth-order valence-electron chi connectivity index (χ4n) is 2.16. The van der Waals surface area contributed by atoms with Crippen LogP contribution in [0.3, 0.4) is 0 Å². The summed E-state index contributed by atoms with van der Waals surface area (Å²) in [5, 5.41) is 14.4. The van der Waals surface area contributed by atoms with Crippen LogP contribution in [-0.4, -0.2) is 34.7 Å². The zero-order valence-electron chi connectivity index (χ0n) is 12.9. The molecule has 0 aliphatic heterocycles. The van der Waals surface area contributed by atoms with E-state index in [0.29, 0.717) is 16.9 Å². The maximum Gasteiger partial charge on any atom is 0.271 e. The Morgan fingerprint density at radius 3 is 2.96 bits per heavy atom. The van der Waals surface area contributed by atoms with Crippen LogP contribution in [0.2, 0.25) is 0 Å². The van der Waals surface area contributed by atoms with Crippen molar-refractivity contribution in [2.24, 2.45) is 5.10 Å². The van der Waals surface area contributed by atoms with Crippen LogP contribution in [0.15, 0.2) is 53.9 Å². The van der Waals surface area contributed by atoms with E-state index in [2.05, 4.69) is 20.5 Å². The fourth-order valence-corrected chi connectivity index (χ4v) is 2.16. The number of aliphatic carboxylic acids is 1. The number of carboxylic acid groups (broad SMARTS) is 1. The predicted octanol–water partition coefficient (Wildman–Crippen LogP) is 0.455. The topological polar surface area (TPSA) is 120 Å². The lowest BCUT2D eigenvalue weighted by Gasteiger charge is -2.09. The zero-order valence-corrected chi connectivity index (χ0v) is 12.9. The first-order valence-corrected chi connectivity index (χ1v) is 7.32. The highest BCUT2D eigenvalue weighted by Gasteiger charge is 2.06. The Morgan fingerprint density at radius 2 is 2.12 bits per heavy atom. The zero-order chi connectivity index (χ0) is 17.6. The smallest absolute Gasteiger partial charge is 0.271 e. The van der Waals surface area contributed by atoms with Gasteiger partial charge in [-0.1, -0.05) is 12.1 Å². The number of H-pyrrole nitrogens is 1. The van der Waals surface area contributed by atoms with Crippen molar-refractivity contribution in [1.29, 1.82) is 0 Å². The molecule has 1 aromatic heterocycles. The largest absolute Gasteiger partial charge is 0.546 e. The molecule has 25 heavy (non-hydrogen) atoms. The molecule has 3 aromatic rings. The first-order chi connectivity index (χ1) is 12.1. The number of aromatic amines is 1. The van der Waals surface area contributed by atoms with Crippen LogP contribution in [0, 0.1) is 0 Å². The predicted molar refractivity (Wildman–Crippen MR) is 88.1 cm³/mol. The summed E-state index contributed by atoms with van der Waals surface area (Å²) < 4.78 is 5.10. The molecule has 0 unspecified atom stereocenters. The van der Waals surface area contributed by atoms with Gasteiger partial charge < -0.3 is 19.6 Å². The van der Waals surface area contributed by atoms with E-state index >= 15 is 0 Å². The van der Waals surface area contributed by atoms with Gasteiger partial charge in [-0.05, 0) is 30.3 Å². The molecular weight excluding hydrogens is 324 g/mol. The highest BCUT2D eigenvalue weighted by atomic mass is 16.5. The van der Waals surface area contributed by atoms with Gasteiger partial charge in [-0.15, -0.1) is 0 Å². The molecule has 0 bridgehead atoms. The number of fused-ring (bicyclic) bond motifs is 1. The van der Waals surface area contributed by atoms with Crippen molar-refractivity contribution in [3.63, 3.8) is 0 Å². The van der Waals surface area contributed by atoms with Gasteiger partial charge in [-0.2, -0.15) is 5.10 Å². The Balaban J connectivity index is 1.68. The number of carboxylic acids is 1. The van der Waals surface area contributed by atoms with Crippen LogP contribution >= 0.6 is 0 Å². The van der Waals surface area contributed by atoms with E-state index in [0.717, 1.165) is 11.0 Å². The summed E-state index contributed by atoms with van der Waals surface area (Å²) in [6, 6.07) is 11.7. The molecule has 0 atom stereocenters. The second-order valence-corrected chi connectivity index (χ2v) is 5.03. The van der Waals surface area contributed by atoms with Crippen molar-refractivity contribution in [1.82, 2.24) is 15.4 Å². The molecule has 0 saturated heterocycles. The Hall–Kier alpha value is -3.68. The van der Waals surface area contributed by atoms with E-state index in [1.165, 1.54) is 6.21 Å². The number of rotatable bonds is 6. The lowest BCUT2D eigenvalue weighted by Crippen LogP contribution is -2.29. The van der Waals surface area contributed by atoms with Gasteiger partial charge in [0.05, 0.1) is 29.5 Å². The number of imidazole rings is 1. The van der Waals surface area contributed by atoms with E-state index in [-0.39, 0.29) is 5.91 Å². The summed E-state index contributed by atoms with van der Waals surface area (Å²) in [4.78, 5) is 29.6. The second kappa shape index (κ2) is 7.26. The van der Waals surface area contributed by atoms with Crippen LogP contribution in [0.5, 0.6) is 5.75 Å². The van der Waals surface area contributed by atoms with Gasteiger partial charge in [0.25, 0.3) is 5.91 Å². The lowest BCUT2D eigenvalue weighted by molar-refractivity contribution is -0.307. The maximum absolute atomic E-state index is 12.1. The minimum absolute atomic E-state index is 0.323. The summed E-state index contributed by atoms with van der Waals surface area (Å²) in [5.41, 5.74) is 4.87. The van der Waals surface area contributed by atoms with Crippen LogP contribution in [0.25, 0.3) is 11.0 Å². The van der Waals surface area contributed by atoms with E-state index in [1.807, 2.05) is 0 Å². The standard InChI is InChI=1S/C17H14N4O4/c22-16(23)9-25-15-4-2-1-3-12(15)8-20-21-17(24)11-5-6-13-14(7-11)19-10-18-13/h1-8,10H,9H2,(H,18,19)(H,21,24)(H,22,23)/p-1/b20-8-. The summed E-state index contributed by atoms with van der Waals surface area (Å²) in [6.45, 7) is -0.568. The average molecular weight is 337 g/mol. The van der Waals surface area contributed by atoms with Crippen LogP contribution in [0.4, 0.5) is 0 Å². The van der Waals surface area contributed by atoms with E-state index < -0.39 is 12.6 Å². The first-order valence-electron chi connectivity index (χ1n) is 7.32. The molecule has 126 valence electrons. The van der Waals surface area contributed by atoms with Gasteiger partial charge in [0.15, 0.2) is 0 Å². The SMILES string of the molecule is O=C([O-])COc1ccccc1/C=N\NC(=O)c1ccc2nc[nH]c2c1. The van der Waals surface area contributed by atoms with Crippen molar-refractivity contribution < 1.29 is 19.4 Å². The molecule has 8 heteroatoms. The third-order valence-corrected chi connectivity index (χ3v) is 3.32. The molecule has 0 aliphatic carbocycles. The summed E-state index contributed by atoms with van der Waals surface area (Å²) >= 11 is 0. The number of ether oxygens (including phenoxy) is 1. The molecule has 3 rings (SSSR count). The molecule has 0 saturated carbocycles. The Morgan fingerprint density at radius 1 is 1.28 bits per heavy atom. The minimum Gasteiger partial charge on any atom is -0.546 e. The maximum atomic E-state index is 12.1. The molecule has 8 nitrogen and oxygen atoms in total. The number of amides is 1. The fraction of sp³-hybridized carbons (Fsp3) is 0.0588. The molecule has 1 heterocycles. The summed E-state index contributed by atoms with van der Waals surface area (Å²) in [7, 11) is 0. The van der Waals surface area contributed by atoms with Gasteiger partial charge in [0.2, 0.25) is 0 Å². The van der Waals surface area contributed by atoms with Crippen molar-refractivity contribution in [2.45, 2.75) is 0 Å². The highest BCUT2D eigenvalue weighted by Crippen LogP contribution is 2.15. The van der Waals surface area contributed by atoms with Crippen LogP contribution in [-0.2, 0) is 4.79 Å². The third-order valence-electron chi connectivity index (χ3n) is 3.32. The molecule has 0 fully saturated rings. The van der Waals surface area contributed by atoms with Crippen LogP contribution in [0.1, 0.15) is 15.9 Å². The van der Waals surface area contributed by atoms with Crippen molar-refractivity contribution in [2.75, 3.05) is 6.61 Å². The quantitative estimate of drug-likeness (QED) is 0.500. The van der Waals surface area contributed by atoms with Crippen LogP contribution < -0.4 is 15.3 Å². The molecule has 0 aliphatic rings. The number of benzene rings is 2. The third kappa shape index (κ3) is 3.99. The van der Waals surface area contributed by atoms with Gasteiger partial charge in [-0.3, -0.25) is 4.79 Å². The van der Waals surface area contributed by atoms with Gasteiger partial charge in [0, 0.05) is 11.1 Å². The number of nitrogens with zero attached hydrogens (tertiary/aromatic N) is 2. The van der Waals surface area contributed by atoms with Crippen molar-refractivity contribution in [3.05, 3.63) is 59.9 Å². The number of nitrogens with one attached hydrogen (secondary N) is 2. The van der Waals surface area contributed by atoms with Crippen molar-refractivity contribution in [3.8, 4) is 5.75 Å². The highest BCUT2D eigenvalue weighted by molar-refractivity contribution is 5.97. The molecule has 2 aromatic carbocycles. The molecule has 0 spiro atoms. The lowest BCUT2D eigenvalue weighted by atomic mass is 10.2. The number of hydrogen-bond donors (Lipinski definition) is 2. The minimum atomic E-state index is -1.32. The molecule has 2 N–H and O–H groups in total. The monoisotopic (exact) mass is 337 g/mol. The molecule has 1 amide bonds. The summed E-state index contributed by atoms with van der Waals surface area (Å²) in [6.07, 6.45) is 2.92. The van der Waals surface area contributed by atoms with Gasteiger partial charge in [-0.25, -0.2) is 10.4 Å². The second-order valence-electron chi connectivity index (χ2n) is 5.03. The van der Waals surface area contributed by atoms with E-state index in [4.69, 9.17) is 4.74 Å². The first kappa shape index (κ1) is 16.2. The van der Waals surface area contributed by atoms with Crippen molar-refractivity contribution >= 4 is 29.1 Å². The number of aromatic nitrogens is 2. The number of para-hydroxylation sites is 1. The normalized spacial score (nSPS) is 10.9. The van der Waals surface area contributed by atoms with Gasteiger partial charge >= 0.3 is 0 Å². The Labute approximate surface area is 142 Å².